The van der Waals surface area contributed by atoms with Crippen LogP contribution in [-0.4, -0.2) is 39.0 Å². The summed E-state index contributed by atoms with van der Waals surface area (Å²) >= 11 is 2.75. The van der Waals surface area contributed by atoms with Crippen LogP contribution in [0.2, 0.25) is 0 Å². The van der Waals surface area contributed by atoms with Crippen LogP contribution in [0.4, 0.5) is 9.39 Å². The normalized spacial score (nSPS) is 13.9. The molecule has 0 saturated carbocycles. The van der Waals surface area contributed by atoms with E-state index in [0.717, 1.165) is 42.5 Å². The number of hydrogen-bond donors (Lipinski definition) is 1. The minimum Gasteiger partial charge on any atom is -0.483 e. The largest absolute Gasteiger partial charge is 0.483 e. The van der Waals surface area contributed by atoms with E-state index in [9.17, 15) is 14.0 Å². The maximum absolute atomic E-state index is 13.2. The Balaban J connectivity index is 1.43. The van der Waals surface area contributed by atoms with E-state index in [0.29, 0.717) is 33.8 Å². The van der Waals surface area contributed by atoms with Gasteiger partial charge in [-0.1, -0.05) is 18.2 Å². The van der Waals surface area contributed by atoms with Crippen LogP contribution < -0.4 is 10.1 Å². The number of fused-ring (bicyclic) bond motifs is 1. The summed E-state index contributed by atoms with van der Waals surface area (Å²) in [5.74, 6) is 0.309. The Morgan fingerprint density at radius 2 is 1.92 bits per heavy atom. The highest BCUT2D eigenvalue weighted by Gasteiger charge is 2.27. The number of amides is 1. The first-order valence-electron chi connectivity index (χ1n) is 12.5. The van der Waals surface area contributed by atoms with E-state index in [4.69, 9.17) is 9.47 Å². The molecule has 2 aromatic heterocycles. The molecule has 11 heteroatoms. The van der Waals surface area contributed by atoms with Crippen LogP contribution in [0.1, 0.15) is 72.8 Å². The molecule has 1 unspecified atom stereocenters. The van der Waals surface area contributed by atoms with Crippen molar-refractivity contribution in [1.82, 2.24) is 14.8 Å². The number of ether oxygens (including phenoxy) is 2. The maximum atomic E-state index is 13.2. The van der Waals surface area contributed by atoms with E-state index in [2.05, 4.69) is 15.5 Å². The molecule has 0 radical (unpaired) electrons. The number of anilines is 1. The van der Waals surface area contributed by atoms with Gasteiger partial charge in [-0.2, -0.15) is 0 Å². The third-order valence-corrected chi connectivity index (χ3v) is 8.21. The van der Waals surface area contributed by atoms with Crippen molar-refractivity contribution in [2.45, 2.75) is 70.7 Å². The molecular formula is C26H31FN4O4S2. The third kappa shape index (κ3) is 6.51. The first-order chi connectivity index (χ1) is 17.9. The molecule has 0 fully saturated rings. The summed E-state index contributed by atoms with van der Waals surface area (Å²) in [6, 6.07) is 5.80. The molecule has 0 saturated heterocycles. The van der Waals surface area contributed by atoms with Gasteiger partial charge in [0.15, 0.2) is 17.1 Å². The molecule has 4 rings (SSSR count). The monoisotopic (exact) mass is 546 g/mol. The van der Waals surface area contributed by atoms with Crippen LogP contribution in [0, 0.1) is 5.82 Å². The smallest absolute Gasteiger partial charge is 0.341 e. The Bertz CT molecular complexity index is 1240. The molecule has 0 bridgehead atoms. The van der Waals surface area contributed by atoms with Crippen molar-refractivity contribution in [1.29, 1.82) is 0 Å². The molecule has 3 aromatic rings. The fraction of sp³-hybridized carbons (Fsp3) is 0.462. The Kier molecular flexibility index (Phi) is 9.20. The molecule has 8 nitrogen and oxygen atoms in total. The van der Waals surface area contributed by atoms with E-state index in [1.54, 1.807) is 19.1 Å². The number of benzene rings is 1. The molecule has 1 amide bonds. The predicted molar refractivity (Wildman–Crippen MR) is 142 cm³/mol. The van der Waals surface area contributed by atoms with Crippen molar-refractivity contribution in [2.75, 3.05) is 17.7 Å². The molecule has 1 aliphatic rings. The number of rotatable bonds is 10. The third-order valence-electron chi connectivity index (χ3n) is 6.04. The Hall–Kier alpha value is -2.92. The number of esters is 1. The number of aromatic nitrogens is 3. The van der Waals surface area contributed by atoms with Gasteiger partial charge in [-0.15, -0.1) is 21.5 Å². The lowest BCUT2D eigenvalue weighted by Crippen LogP contribution is -2.17. The average Bonchev–Trinajstić information content (AvgIpc) is 3.37. The van der Waals surface area contributed by atoms with Crippen LogP contribution in [0.3, 0.4) is 0 Å². The minimum absolute atomic E-state index is 0.107. The lowest BCUT2D eigenvalue weighted by atomic mass is 10.1. The molecule has 1 aliphatic carbocycles. The van der Waals surface area contributed by atoms with Gasteiger partial charge in [0.25, 0.3) is 0 Å². The van der Waals surface area contributed by atoms with E-state index < -0.39 is 6.10 Å². The van der Waals surface area contributed by atoms with Crippen LogP contribution >= 0.6 is 23.1 Å². The second kappa shape index (κ2) is 12.6. The number of carbonyl (C=O) groups excluding carboxylic acids is 2. The highest BCUT2D eigenvalue weighted by molar-refractivity contribution is 7.99. The van der Waals surface area contributed by atoms with Crippen molar-refractivity contribution in [3.8, 4) is 5.75 Å². The summed E-state index contributed by atoms with van der Waals surface area (Å²) in [6.07, 6.45) is 4.56. The summed E-state index contributed by atoms with van der Waals surface area (Å²) in [6.45, 7) is 6.46. The lowest BCUT2D eigenvalue weighted by molar-refractivity contribution is -0.113. The molecule has 1 N–H and O–H groups in total. The molecule has 198 valence electrons. The topological polar surface area (TPSA) is 95.3 Å². The van der Waals surface area contributed by atoms with Crippen molar-refractivity contribution >= 4 is 40.0 Å². The van der Waals surface area contributed by atoms with Crippen molar-refractivity contribution in [3.63, 3.8) is 0 Å². The molecule has 0 spiro atoms. The summed E-state index contributed by atoms with van der Waals surface area (Å²) in [4.78, 5) is 26.8. The maximum Gasteiger partial charge on any atom is 0.341 e. The first kappa shape index (κ1) is 27.1. The molecule has 37 heavy (non-hydrogen) atoms. The van der Waals surface area contributed by atoms with Crippen molar-refractivity contribution in [2.24, 2.45) is 0 Å². The number of thiophene rings is 1. The Morgan fingerprint density at radius 3 is 2.65 bits per heavy atom. The van der Waals surface area contributed by atoms with Gasteiger partial charge in [-0.25, -0.2) is 9.18 Å². The highest BCUT2D eigenvalue weighted by atomic mass is 32.2. The highest BCUT2D eigenvalue weighted by Crippen LogP contribution is 2.38. The van der Waals surface area contributed by atoms with Gasteiger partial charge in [0.1, 0.15) is 16.6 Å². The molecule has 1 atom stereocenters. The fourth-order valence-electron chi connectivity index (χ4n) is 4.32. The number of thioether (sulfide) groups is 1. The predicted octanol–water partition coefficient (Wildman–Crippen LogP) is 5.82. The number of halogens is 1. The Labute approximate surface area is 224 Å². The van der Waals surface area contributed by atoms with Gasteiger partial charge in [-0.05, 0) is 76.3 Å². The van der Waals surface area contributed by atoms with Crippen LogP contribution in [0.15, 0.2) is 29.4 Å². The summed E-state index contributed by atoms with van der Waals surface area (Å²) < 4.78 is 26.3. The van der Waals surface area contributed by atoms with E-state index >= 15 is 0 Å². The zero-order valence-electron chi connectivity index (χ0n) is 21.2. The summed E-state index contributed by atoms with van der Waals surface area (Å²) in [7, 11) is 0. The molecule has 1 aromatic carbocycles. The number of aryl methyl sites for hydroxylation is 1. The van der Waals surface area contributed by atoms with E-state index in [1.807, 2.05) is 18.4 Å². The number of carbonyl (C=O) groups is 2. The fourth-order valence-corrected chi connectivity index (χ4v) is 6.42. The SMILES string of the molecule is CCOC(=O)c1c(NC(=O)CSc2nnc(C(C)Oc3ccc(F)cc3)n2CC)sc2c1CCCCC2. The standard InChI is InChI=1S/C26H31FN4O4S2/c1-4-31-23(16(3)35-18-13-11-17(27)12-14-18)29-30-26(31)36-15-21(32)28-24-22(25(33)34-5-2)19-9-7-6-8-10-20(19)37-24/h11-14,16H,4-10,15H2,1-3H3,(H,28,32). The second-order valence-corrected chi connectivity index (χ2v) is 10.7. The minimum atomic E-state index is -0.422. The number of nitrogens with one attached hydrogen (secondary N) is 1. The van der Waals surface area contributed by atoms with Crippen molar-refractivity contribution < 1.29 is 23.5 Å². The number of hydrogen-bond acceptors (Lipinski definition) is 8. The molecule has 0 aliphatic heterocycles. The van der Waals surface area contributed by atoms with Gasteiger partial charge in [0, 0.05) is 11.4 Å². The Morgan fingerprint density at radius 1 is 1.16 bits per heavy atom. The van der Waals surface area contributed by atoms with Gasteiger partial charge < -0.3 is 19.4 Å². The van der Waals surface area contributed by atoms with Crippen LogP contribution in [0.5, 0.6) is 5.75 Å². The van der Waals surface area contributed by atoms with Gasteiger partial charge in [0.2, 0.25) is 5.91 Å². The van der Waals surface area contributed by atoms with Gasteiger partial charge >= 0.3 is 5.97 Å². The van der Waals surface area contributed by atoms with Gasteiger partial charge in [0.05, 0.1) is 17.9 Å². The zero-order valence-corrected chi connectivity index (χ0v) is 22.8. The van der Waals surface area contributed by atoms with Crippen molar-refractivity contribution in [3.05, 3.63) is 51.9 Å². The molecular weight excluding hydrogens is 515 g/mol. The van der Waals surface area contributed by atoms with E-state index in [1.165, 1.54) is 35.2 Å². The van der Waals surface area contributed by atoms with Crippen LogP contribution in [-0.2, 0) is 28.9 Å². The first-order valence-corrected chi connectivity index (χ1v) is 14.3. The molecule has 2 heterocycles. The number of nitrogens with zero attached hydrogens (tertiary/aromatic N) is 3. The zero-order chi connectivity index (χ0) is 26.4. The van der Waals surface area contributed by atoms with Gasteiger partial charge in [-0.3, -0.25) is 4.79 Å². The summed E-state index contributed by atoms with van der Waals surface area (Å²) in [5, 5.41) is 12.6. The quantitative estimate of drug-likeness (QED) is 0.195. The summed E-state index contributed by atoms with van der Waals surface area (Å²) in [5.41, 5.74) is 1.53. The second-order valence-electron chi connectivity index (χ2n) is 8.62. The lowest BCUT2D eigenvalue weighted by Gasteiger charge is -2.15. The average molecular weight is 547 g/mol. The van der Waals surface area contributed by atoms with E-state index in [-0.39, 0.29) is 30.1 Å². The van der Waals surface area contributed by atoms with Crippen LogP contribution in [0.25, 0.3) is 0 Å².